The Kier molecular flexibility index (Phi) is 6.75. The highest BCUT2D eigenvalue weighted by atomic mass is 19.2. The summed E-state index contributed by atoms with van der Waals surface area (Å²) >= 11 is 0. The summed E-state index contributed by atoms with van der Waals surface area (Å²) in [5, 5.41) is 0. The minimum absolute atomic E-state index is 0.415. The quantitative estimate of drug-likeness (QED) is 0.403. The van der Waals surface area contributed by atoms with Crippen LogP contribution in [0.5, 0.6) is 0 Å². The molecule has 0 N–H and O–H groups in total. The van der Waals surface area contributed by atoms with Crippen LogP contribution >= 0.6 is 0 Å². The fourth-order valence-electron chi connectivity index (χ4n) is 2.91. The van der Waals surface area contributed by atoms with Crippen LogP contribution in [0.15, 0.2) is 55.1 Å². The summed E-state index contributed by atoms with van der Waals surface area (Å²) in [7, 11) is 0. The number of halogens is 2. The molecule has 1 aliphatic rings. The summed E-state index contributed by atoms with van der Waals surface area (Å²) in [4.78, 5) is 0. The van der Waals surface area contributed by atoms with Gasteiger partial charge in [-0.3, -0.25) is 0 Å². The Morgan fingerprint density at radius 2 is 1.70 bits per heavy atom. The van der Waals surface area contributed by atoms with E-state index in [1.807, 2.05) is 30.3 Å². The van der Waals surface area contributed by atoms with Crippen LogP contribution in [0.25, 0.3) is 11.1 Å². The predicted molar refractivity (Wildman–Crippen MR) is 102 cm³/mol. The third kappa shape index (κ3) is 5.50. The number of allylic oxidation sites excluding steroid dienone is 1. The van der Waals surface area contributed by atoms with Crippen molar-refractivity contribution in [3.8, 4) is 23.0 Å². The van der Waals surface area contributed by atoms with Crippen molar-refractivity contribution in [3.63, 3.8) is 0 Å². The normalized spacial score (nSPS) is 19.2. The van der Waals surface area contributed by atoms with E-state index in [2.05, 4.69) is 18.4 Å². The molecule has 0 spiro atoms. The van der Waals surface area contributed by atoms with E-state index < -0.39 is 17.9 Å². The van der Waals surface area contributed by atoms with Crippen LogP contribution < -0.4 is 0 Å². The van der Waals surface area contributed by atoms with Crippen molar-refractivity contribution in [1.29, 1.82) is 0 Å². The summed E-state index contributed by atoms with van der Waals surface area (Å²) in [6.07, 6.45) is 4.60. The van der Waals surface area contributed by atoms with Gasteiger partial charge in [-0.15, -0.1) is 6.58 Å². The Morgan fingerprint density at radius 3 is 2.37 bits per heavy atom. The first-order chi connectivity index (χ1) is 13.2. The SMILES string of the molecule is C=CCCC[C@H]1CO[C@H](C#Cc2ccc(-c3ccc(F)c(F)c3)cc2)OC1. The minimum atomic E-state index is -0.856. The van der Waals surface area contributed by atoms with Gasteiger partial charge in [0.15, 0.2) is 11.6 Å². The van der Waals surface area contributed by atoms with Crippen LogP contribution in [-0.2, 0) is 9.47 Å². The van der Waals surface area contributed by atoms with Gasteiger partial charge in [0.05, 0.1) is 13.2 Å². The van der Waals surface area contributed by atoms with Gasteiger partial charge in [0.25, 0.3) is 0 Å². The molecule has 3 rings (SSSR count). The van der Waals surface area contributed by atoms with Gasteiger partial charge < -0.3 is 9.47 Å². The molecule has 4 heteroatoms. The highest BCUT2D eigenvalue weighted by Gasteiger charge is 2.20. The molecule has 0 radical (unpaired) electrons. The molecule has 0 bridgehead atoms. The zero-order valence-corrected chi connectivity index (χ0v) is 15.1. The van der Waals surface area contributed by atoms with Gasteiger partial charge in [-0.1, -0.05) is 30.2 Å². The molecular formula is C23H22F2O2. The van der Waals surface area contributed by atoms with E-state index in [0.717, 1.165) is 36.5 Å². The van der Waals surface area contributed by atoms with Crippen LogP contribution in [0.4, 0.5) is 8.78 Å². The van der Waals surface area contributed by atoms with E-state index in [1.54, 1.807) is 6.07 Å². The molecule has 27 heavy (non-hydrogen) atoms. The first kappa shape index (κ1) is 19.3. The first-order valence-electron chi connectivity index (χ1n) is 9.07. The Balaban J connectivity index is 1.55. The van der Waals surface area contributed by atoms with Gasteiger partial charge in [0.2, 0.25) is 6.29 Å². The fourth-order valence-corrected chi connectivity index (χ4v) is 2.91. The molecule has 2 nitrogen and oxygen atoms in total. The molecule has 2 aromatic rings. The average Bonchev–Trinajstić information content (AvgIpc) is 2.70. The van der Waals surface area contributed by atoms with Crippen molar-refractivity contribution in [3.05, 3.63) is 72.3 Å². The van der Waals surface area contributed by atoms with Gasteiger partial charge in [-0.25, -0.2) is 8.78 Å². The van der Waals surface area contributed by atoms with Gasteiger partial charge >= 0.3 is 0 Å². The molecule has 0 aliphatic carbocycles. The number of hydrogen-bond donors (Lipinski definition) is 0. The maximum absolute atomic E-state index is 13.4. The second kappa shape index (κ2) is 9.45. The highest BCUT2D eigenvalue weighted by molar-refractivity contribution is 5.64. The minimum Gasteiger partial charge on any atom is -0.342 e. The number of unbranched alkanes of at least 4 members (excludes halogenated alkanes) is 1. The molecule has 1 aliphatic heterocycles. The lowest BCUT2D eigenvalue weighted by Gasteiger charge is -2.26. The maximum Gasteiger partial charge on any atom is 0.222 e. The molecule has 1 fully saturated rings. The van der Waals surface area contributed by atoms with Crippen molar-refractivity contribution in [2.24, 2.45) is 5.92 Å². The average molecular weight is 368 g/mol. The van der Waals surface area contributed by atoms with Crippen molar-refractivity contribution in [2.45, 2.75) is 25.6 Å². The standard InChI is InChI=1S/C23H22F2O2/c1-2-3-4-5-18-15-26-23(27-16-18)13-8-17-6-9-19(10-7-17)20-11-12-21(24)22(25)14-20/h2,6-7,9-12,14,18,23H,1,3-5,15-16H2/t18-,23-. The molecule has 140 valence electrons. The smallest absolute Gasteiger partial charge is 0.222 e. The van der Waals surface area contributed by atoms with Gasteiger partial charge in [-0.2, -0.15) is 0 Å². The summed E-state index contributed by atoms with van der Waals surface area (Å²) in [5.74, 6) is 4.72. The zero-order chi connectivity index (χ0) is 19.1. The van der Waals surface area contributed by atoms with Crippen LogP contribution in [0.2, 0.25) is 0 Å². The maximum atomic E-state index is 13.4. The van der Waals surface area contributed by atoms with E-state index in [1.165, 1.54) is 6.07 Å². The summed E-state index contributed by atoms with van der Waals surface area (Å²) < 4.78 is 37.7. The van der Waals surface area contributed by atoms with Crippen LogP contribution in [0, 0.1) is 29.4 Å². The Labute approximate surface area is 158 Å². The highest BCUT2D eigenvalue weighted by Crippen LogP contribution is 2.22. The first-order valence-corrected chi connectivity index (χ1v) is 9.07. The molecule has 0 unspecified atom stereocenters. The Hall–Kier alpha value is -2.48. The van der Waals surface area contributed by atoms with Crippen molar-refractivity contribution < 1.29 is 18.3 Å². The topological polar surface area (TPSA) is 18.5 Å². The summed E-state index contributed by atoms with van der Waals surface area (Å²) in [5.41, 5.74) is 2.23. The zero-order valence-electron chi connectivity index (χ0n) is 15.1. The van der Waals surface area contributed by atoms with Crippen LogP contribution in [-0.4, -0.2) is 19.5 Å². The second-order valence-corrected chi connectivity index (χ2v) is 6.56. The third-order valence-electron chi connectivity index (χ3n) is 4.46. The molecule has 0 atom stereocenters. The summed E-state index contributed by atoms with van der Waals surface area (Å²) in [6.45, 7) is 5.04. The van der Waals surface area contributed by atoms with E-state index in [0.29, 0.717) is 24.7 Å². The molecule has 1 heterocycles. The van der Waals surface area contributed by atoms with E-state index >= 15 is 0 Å². The van der Waals surface area contributed by atoms with Crippen LogP contribution in [0.3, 0.4) is 0 Å². The fraction of sp³-hybridized carbons (Fsp3) is 0.304. The van der Waals surface area contributed by atoms with Gasteiger partial charge in [0.1, 0.15) is 0 Å². The van der Waals surface area contributed by atoms with E-state index in [9.17, 15) is 8.78 Å². The molecule has 0 aromatic heterocycles. The van der Waals surface area contributed by atoms with Gasteiger partial charge in [-0.05, 0) is 60.6 Å². The van der Waals surface area contributed by atoms with E-state index in [4.69, 9.17) is 9.47 Å². The van der Waals surface area contributed by atoms with Crippen molar-refractivity contribution in [1.82, 2.24) is 0 Å². The largest absolute Gasteiger partial charge is 0.342 e. The lowest BCUT2D eigenvalue weighted by molar-refractivity contribution is -0.170. The monoisotopic (exact) mass is 368 g/mol. The van der Waals surface area contributed by atoms with Crippen molar-refractivity contribution >= 4 is 0 Å². The molecular weight excluding hydrogens is 346 g/mol. The Bertz CT molecular complexity index is 826. The predicted octanol–water partition coefficient (Wildman–Crippen LogP) is 5.33. The third-order valence-corrected chi connectivity index (χ3v) is 4.46. The molecule has 0 amide bonds. The molecule has 1 saturated heterocycles. The molecule has 2 aromatic carbocycles. The second-order valence-electron chi connectivity index (χ2n) is 6.56. The summed E-state index contributed by atoms with van der Waals surface area (Å²) in [6, 6.07) is 11.2. The lowest BCUT2D eigenvalue weighted by Crippen LogP contribution is -2.31. The van der Waals surface area contributed by atoms with Crippen molar-refractivity contribution in [2.75, 3.05) is 13.2 Å². The van der Waals surface area contributed by atoms with E-state index in [-0.39, 0.29) is 0 Å². The lowest BCUT2D eigenvalue weighted by atomic mass is 10.0. The number of hydrogen-bond acceptors (Lipinski definition) is 2. The molecule has 0 saturated carbocycles. The number of benzene rings is 2. The van der Waals surface area contributed by atoms with Gasteiger partial charge in [0, 0.05) is 11.5 Å². The van der Waals surface area contributed by atoms with Crippen LogP contribution in [0.1, 0.15) is 24.8 Å². The Morgan fingerprint density at radius 1 is 1.00 bits per heavy atom. The number of rotatable bonds is 5. The number of ether oxygens (including phenoxy) is 2.